The predicted octanol–water partition coefficient (Wildman–Crippen LogP) is 9.72. The van der Waals surface area contributed by atoms with Crippen LogP contribution in [0.1, 0.15) is 72.4 Å². The fourth-order valence-electron chi connectivity index (χ4n) is 5.70. The minimum atomic E-state index is -0.767. The van der Waals surface area contributed by atoms with Gasteiger partial charge in [-0.2, -0.15) is 0 Å². The van der Waals surface area contributed by atoms with E-state index in [1.54, 1.807) is 0 Å². The number of para-hydroxylation sites is 1. The summed E-state index contributed by atoms with van der Waals surface area (Å²) >= 11 is 0. The van der Waals surface area contributed by atoms with Crippen LogP contribution in [0.2, 0.25) is 0 Å². The molecule has 1 nitrogen and oxygen atoms in total. The highest BCUT2D eigenvalue weighted by atomic mass is 15.2. The van der Waals surface area contributed by atoms with Gasteiger partial charge in [0.15, 0.2) is 0 Å². The number of fused-ring (bicyclic) bond motifs is 3. The molecule has 0 heterocycles. The van der Waals surface area contributed by atoms with Crippen LogP contribution in [-0.2, 0) is 5.41 Å². The highest BCUT2D eigenvalue weighted by Crippen LogP contribution is 2.53. The lowest BCUT2D eigenvalue weighted by molar-refractivity contribution is 0.557. The third kappa shape index (κ3) is 3.88. The lowest BCUT2D eigenvalue weighted by Crippen LogP contribution is -2.38. The van der Waals surface area contributed by atoms with Crippen LogP contribution in [-0.4, -0.2) is 5.54 Å². The van der Waals surface area contributed by atoms with E-state index < -0.39 is 5.89 Å². The van der Waals surface area contributed by atoms with Gasteiger partial charge in [0.05, 0.1) is 0 Å². The van der Waals surface area contributed by atoms with Gasteiger partial charge < -0.3 is 4.90 Å². The normalized spacial score (nSPS) is 14.8. The molecule has 5 rings (SSSR count). The Morgan fingerprint density at radius 3 is 1.94 bits per heavy atom. The molecule has 0 aliphatic heterocycles. The molecule has 0 aromatic heterocycles. The van der Waals surface area contributed by atoms with Gasteiger partial charge in [-0.05, 0) is 78.2 Å². The second kappa shape index (κ2) is 8.41. The van der Waals surface area contributed by atoms with E-state index in [0.717, 1.165) is 16.9 Å². The van der Waals surface area contributed by atoms with Crippen molar-refractivity contribution >= 4 is 11.4 Å². The van der Waals surface area contributed by atoms with Crippen molar-refractivity contribution in [3.8, 4) is 22.3 Å². The molecule has 1 heteroatoms. The van der Waals surface area contributed by atoms with Gasteiger partial charge in [-0.25, -0.2) is 0 Å². The Hall–Kier alpha value is -3.32. The molecule has 0 radical (unpaired) electrons. The first-order valence-corrected chi connectivity index (χ1v) is 12.6. The SMILES string of the molecule is [2H]C(C)(C)c1cc2c(cc1N(c1ccccc1-c1ccccc1)C(C)(C)C)C(C)(C)c1ccccc1-2. The molecule has 0 saturated carbocycles. The van der Waals surface area contributed by atoms with Gasteiger partial charge in [-0.1, -0.05) is 100 Å². The Morgan fingerprint density at radius 1 is 0.686 bits per heavy atom. The summed E-state index contributed by atoms with van der Waals surface area (Å²) in [5.74, 6) is -0.767. The van der Waals surface area contributed by atoms with Crippen LogP contribution in [0.4, 0.5) is 11.4 Å². The fourth-order valence-corrected chi connectivity index (χ4v) is 5.70. The zero-order valence-corrected chi connectivity index (χ0v) is 22.1. The lowest BCUT2D eigenvalue weighted by atomic mass is 9.81. The number of rotatable bonds is 4. The summed E-state index contributed by atoms with van der Waals surface area (Å²) in [6.07, 6.45) is 0. The minimum absolute atomic E-state index is 0.103. The van der Waals surface area contributed by atoms with Crippen LogP contribution in [0.5, 0.6) is 0 Å². The van der Waals surface area contributed by atoms with E-state index in [1.165, 1.54) is 33.4 Å². The minimum Gasteiger partial charge on any atom is -0.335 e. The van der Waals surface area contributed by atoms with E-state index in [0.29, 0.717) is 0 Å². The van der Waals surface area contributed by atoms with Gasteiger partial charge in [-0.3, -0.25) is 0 Å². The van der Waals surface area contributed by atoms with Gasteiger partial charge in [0.25, 0.3) is 0 Å². The highest BCUT2D eigenvalue weighted by molar-refractivity contribution is 5.88. The molecule has 0 N–H and O–H groups in total. The number of nitrogens with zero attached hydrogens (tertiary/aromatic N) is 1. The summed E-state index contributed by atoms with van der Waals surface area (Å²) in [4.78, 5) is 2.46. The topological polar surface area (TPSA) is 3.24 Å². The molecule has 4 aromatic carbocycles. The Kier molecular flexibility index (Phi) is 5.33. The Labute approximate surface area is 212 Å². The van der Waals surface area contributed by atoms with E-state index in [9.17, 15) is 1.37 Å². The van der Waals surface area contributed by atoms with Crippen molar-refractivity contribution < 1.29 is 1.37 Å². The summed E-state index contributed by atoms with van der Waals surface area (Å²) in [6.45, 7) is 15.5. The predicted molar refractivity (Wildman–Crippen MR) is 152 cm³/mol. The monoisotopic (exact) mass is 460 g/mol. The highest BCUT2D eigenvalue weighted by Gasteiger charge is 2.38. The van der Waals surface area contributed by atoms with E-state index >= 15 is 0 Å². The van der Waals surface area contributed by atoms with Crippen LogP contribution in [0.3, 0.4) is 0 Å². The zero-order chi connectivity index (χ0) is 25.9. The van der Waals surface area contributed by atoms with E-state index in [4.69, 9.17) is 0 Å². The summed E-state index contributed by atoms with van der Waals surface area (Å²) in [7, 11) is 0. The largest absolute Gasteiger partial charge is 0.335 e. The van der Waals surface area contributed by atoms with Gasteiger partial charge in [0.1, 0.15) is 0 Å². The van der Waals surface area contributed by atoms with Crippen LogP contribution >= 0.6 is 0 Å². The molecular formula is C34H37N. The van der Waals surface area contributed by atoms with E-state index in [-0.39, 0.29) is 11.0 Å². The van der Waals surface area contributed by atoms with Crippen molar-refractivity contribution in [2.24, 2.45) is 0 Å². The van der Waals surface area contributed by atoms with Crippen molar-refractivity contribution in [3.63, 3.8) is 0 Å². The maximum atomic E-state index is 9.21. The van der Waals surface area contributed by atoms with E-state index in [2.05, 4.69) is 131 Å². The fraction of sp³-hybridized carbons (Fsp3) is 0.294. The smallest absolute Gasteiger partial charge is 0.0495 e. The molecule has 4 aromatic rings. The molecule has 0 bridgehead atoms. The molecular weight excluding hydrogens is 422 g/mol. The number of benzene rings is 4. The molecule has 0 spiro atoms. The van der Waals surface area contributed by atoms with Crippen LogP contribution in [0, 0.1) is 0 Å². The molecule has 0 fully saturated rings. The molecule has 178 valence electrons. The summed E-state index contributed by atoms with van der Waals surface area (Å²) < 4.78 is 9.21. The Morgan fingerprint density at radius 2 is 1.29 bits per heavy atom. The van der Waals surface area contributed by atoms with Crippen molar-refractivity contribution in [3.05, 3.63) is 108 Å². The molecule has 1 aliphatic carbocycles. The first-order chi connectivity index (χ1) is 16.9. The Bertz CT molecular complexity index is 1420. The molecule has 35 heavy (non-hydrogen) atoms. The van der Waals surface area contributed by atoms with Crippen LogP contribution < -0.4 is 4.90 Å². The van der Waals surface area contributed by atoms with Crippen LogP contribution in [0.25, 0.3) is 22.3 Å². The quantitative estimate of drug-likeness (QED) is 0.293. The summed E-state index contributed by atoms with van der Waals surface area (Å²) in [5.41, 5.74) is 10.7. The Balaban J connectivity index is 1.83. The first-order valence-electron chi connectivity index (χ1n) is 13.1. The third-order valence-electron chi connectivity index (χ3n) is 7.38. The average Bonchev–Trinajstić information content (AvgIpc) is 3.05. The van der Waals surface area contributed by atoms with Gasteiger partial charge >= 0.3 is 0 Å². The summed E-state index contributed by atoms with van der Waals surface area (Å²) in [6, 6.07) is 32.7. The molecule has 0 amide bonds. The van der Waals surface area contributed by atoms with Crippen molar-refractivity contribution in [1.82, 2.24) is 0 Å². The molecule has 0 unspecified atom stereocenters. The molecule has 1 aliphatic rings. The number of hydrogen-bond acceptors (Lipinski definition) is 1. The maximum Gasteiger partial charge on any atom is 0.0495 e. The number of anilines is 2. The number of hydrogen-bond donors (Lipinski definition) is 0. The van der Waals surface area contributed by atoms with Gasteiger partial charge in [-0.15, -0.1) is 0 Å². The zero-order valence-electron chi connectivity index (χ0n) is 23.1. The van der Waals surface area contributed by atoms with Crippen LogP contribution in [0.15, 0.2) is 91.0 Å². The first kappa shape index (κ1) is 22.2. The third-order valence-corrected chi connectivity index (χ3v) is 7.38. The molecule has 0 atom stereocenters. The van der Waals surface area contributed by atoms with Crippen molar-refractivity contribution in [1.29, 1.82) is 0 Å². The van der Waals surface area contributed by atoms with Gasteiger partial charge in [0, 0.05) is 29.3 Å². The second-order valence-electron chi connectivity index (χ2n) is 11.5. The van der Waals surface area contributed by atoms with Crippen molar-refractivity contribution in [2.45, 2.75) is 65.3 Å². The van der Waals surface area contributed by atoms with E-state index in [1.807, 2.05) is 13.8 Å². The lowest BCUT2D eigenvalue weighted by Gasteiger charge is -2.41. The second-order valence-corrected chi connectivity index (χ2v) is 11.5. The molecule has 0 saturated heterocycles. The van der Waals surface area contributed by atoms with Gasteiger partial charge in [0.2, 0.25) is 0 Å². The average molecular weight is 461 g/mol. The standard InChI is InChI=1S/C34H37N/c1-23(2)27-21-28-26-18-11-13-19-29(26)34(6,7)30(28)22-32(27)35(33(3,4)5)31-20-14-12-17-25(31)24-15-9-8-10-16-24/h8-23H,1-7H3/i23D. The maximum absolute atomic E-state index is 9.21. The van der Waals surface area contributed by atoms with Crippen molar-refractivity contribution in [2.75, 3.05) is 4.90 Å². The summed E-state index contributed by atoms with van der Waals surface area (Å²) in [5, 5.41) is 0.